The van der Waals surface area contributed by atoms with Crippen molar-refractivity contribution in [2.45, 2.75) is 12.8 Å². The maximum absolute atomic E-state index is 10.7. The van der Waals surface area contributed by atoms with Crippen LogP contribution in [0.3, 0.4) is 0 Å². The van der Waals surface area contributed by atoms with Crippen molar-refractivity contribution in [3.63, 3.8) is 0 Å². The number of carboxylic acids is 1. The van der Waals surface area contributed by atoms with Gasteiger partial charge in [-0.1, -0.05) is 0 Å². The topological polar surface area (TPSA) is 118 Å². The predicted molar refractivity (Wildman–Crippen MR) is 52.1 cm³/mol. The Morgan fingerprint density at radius 2 is 2.33 bits per heavy atom. The molecule has 0 amide bonds. The van der Waals surface area contributed by atoms with Crippen LogP contribution in [0.25, 0.3) is 11.2 Å². The van der Waals surface area contributed by atoms with Crippen molar-refractivity contribution in [2.75, 3.05) is 5.73 Å². The van der Waals surface area contributed by atoms with Crippen LogP contribution in [0.5, 0.6) is 0 Å². The van der Waals surface area contributed by atoms with Crippen LogP contribution in [0.1, 0.15) is 18.7 Å². The molecule has 15 heavy (non-hydrogen) atoms. The fourth-order valence-electron chi connectivity index (χ4n) is 1.18. The van der Waals surface area contributed by atoms with Gasteiger partial charge in [0.15, 0.2) is 11.5 Å². The zero-order valence-corrected chi connectivity index (χ0v) is 7.93. The molecule has 2 aromatic heterocycles. The molecule has 0 aliphatic rings. The van der Waals surface area contributed by atoms with Gasteiger partial charge in [0.05, 0.1) is 6.33 Å². The van der Waals surface area contributed by atoms with Gasteiger partial charge >= 0.3 is 5.97 Å². The van der Waals surface area contributed by atoms with Gasteiger partial charge in [-0.3, -0.25) is 4.79 Å². The number of hydrogen-bond acceptors (Lipinski definition) is 5. The summed E-state index contributed by atoms with van der Waals surface area (Å²) in [6.07, 6.45) is 1.44. The maximum atomic E-state index is 10.7. The number of nitrogens with two attached hydrogens (primary N) is 1. The summed E-state index contributed by atoms with van der Waals surface area (Å²) in [5.41, 5.74) is 6.52. The third-order valence-corrected chi connectivity index (χ3v) is 2.08. The second-order valence-electron chi connectivity index (χ2n) is 3.13. The van der Waals surface area contributed by atoms with Gasteiger partial charge in [0.25, 0.3) is 0 Å². The second-order valence-corrected chi connectivity index (χ2v) is 3.13. The van der Waals surface area contributed by atoms with E-state index in [1.165, 1.54) is 13.3 Å². The number of imidazole rings is 1. The number of aliphatic carboxylic acids is 1. The van der Waals surface area contributed by atoms with E-state index in [0.29, 0.717) is 11.2 Å². The van der Waals surface area contributed by atoms with Gasteiger partial charge < -0.3 is 15.8 Å². The van der Waals surface area contributed by atoms with Crippen molar-refractivity contribution in [3.8, 4) is 0 Å². The number of nitrogens with one attached hydrogen (secondary N) is 1. The molecule has 0 spiro atoms. The first-order valence-corrected chi connectivity index (χ1v) is 4.29. The Hall–Kier alpha value is -2.18. The number of carboxylic acid groups (broad SMARTS) is 1. The van der Waals surface area contributed by atoms with Crippen LogP contribution in [0.2, 0.25) is 0 Å². The first-order valence-electron chi connectivity index (χ1n) is 4.29. The van der Waals surface area contributed by atoms with E-state index in [0.717, 1.165) is 0 Å². The first kappa shape index (κ1) is 9.38. The van der Waals surface area contributed by atoms with Gasteiger partial charge in [0, 0.05) is 0 Å². The molecule has 0 saturated carbocycles. The fraction of sp³-hybridized carbons (Fsp3) is 0.250. The molecular weight excluding hydrogens is 198 g/mol. The summed E-state index contributed by atoms with van der Waals surface area (Å²) in [5.74, 6) is -1.42. The third-order valence-electron chi connectivity index (χ3n) is 2.08. The quantitative estimate of drug-likeness (QED) is 0.643. The number of carbonyl (C=O) groups is 1. The highest BCUT2D eigenvalue weighted by atomic mass is 16.4. The Bertz CT molecular complexity index is 521. The number of anilines is 1. The van der Waals surface area contributed by atoms with Crippen molar-refractivity contribution < 1.29 is 9.90 Å². The number of aromatic amines is 1. The molecule has 0 aliphatic carbocycles. The lowest BCUT2D eigenvalue weighted by Crippen LogP contribution is -2.12. The molecule has 1 atom stereocenters. The summed E-state index contributed by atoms with van der Waals surface area (Å²) in [7, 11) is 0. The number of hydrogen-bond donors (Lipinski definition) is 3. The largest absolute Gasteiger partial charge is 0.481 e. The molecule has 2 rings (SSSR count). The molecule has 4 N–H and O–H groups in total. The molecular formula is C8H9N5O2. The van der Waals surface area contributed by atoms with Crippen LogP contribution < -0.4 is 5.73 Å². The van der Waals surface area contributed by atoms with Crippen molar-refractivity contribution in [2.24, 2.45) is 0 Å². The number of fused-ring (bicyclic) bond motifs is 1. The van der Waals surface area contributed by atoms with Crippen LogP contribution in [-0.4, -0.2) is 31.0 Å². The molecule has 0 saturated heterocycles. The monoisotopic (exact) mass is 207 g/mol. The van der Waals surface area contributed by atoms with E-state index in [1.54, 1.807) is 0 Å². The maximum Gasteiger partial charge on any atom is 0.313 e. The molecule has 2 aromatic rings. The second kappa shape index (κ2) is 3.19. The highest BCUT2D eigenvalue weighted by molar-refractivity contribution is 5.82. The lowest BCUT2D eigenvalue weighted by Gasteiger charge is -2.05. The van der Waals surface area contributed by atoms with E-state index in [4.69, 9.17) is 10.8 Å². The van der Waals surface area contributed by atoms with Gasteiger partial charge in [-0.2, -0.15) is 0 Å². The smallest absolute Gasteiger partial charge is 0.313 e. The lowest BCUT2D eigenvalue weighted by molar-refractivity contribution is -0.138. The zero-order chi connectivity index (χ0) is 11.0. The summed E-state index contributed by atoms with van der Waals surface area (Å²) in [5, 5.41) is 8.80. The summed E-state index contributed by atoms with van der Waals surface area (Å²) in [6.45, 7) is 1.50. The normalized spacial score (nSPS) is 12.9. The molecule has 0 fully saturated rings. The Morgan fingerprint density at radius 3 is 3.00 bits per heavy atom. The Morgan fingerprint density at radius 1 is 1.60 bits per heavy atom. The van der Waals surface area contributed by atoms with Gasteiger partial charge in [-0.25, -0.2) is 15.0 Å². The molecule has 0 aromatic carbocycles. The Balaban J connectivity index is 2.58. The highest BCUT2D eigenvalue weighted by Gasteiger charge is 2.19. The molecule has 0 bridgehead atoms. The molecule has 1 unspecified atom stereocenters. The van der Waals surface area contributed by atoms with Crippen molar-refractivity contribution in [1.29, 1.82) is 0 Å². The van der Waals surface area contributed by atoms with E-state index >= 15 is 0 Å². The summed E-state index contributed by atoms with van der Waals surface area (Å²) in [4.78, 5) is 25.3. The van der Waals surface area contributed by atoms with Gasteiger partial charge in [0.2, 0.25) is 0 Å². The molecule has 2 heterocycles. The van der Waals surface area contributed by atoms with Crippen molar-refractivity contribution >= 4 is 23.0 Å². The van der Waals surface area contributed by atoms with Crippen LogP contribution >= 0.6 is 0 Å². The van der Waals surface area contributed by atoms with Gasteiger partial charge in [0.1, 0.15) is 17.3 Å². The van der Waals surface area contributed by atoms with Crippen molar-refractivity contribution in [3.05, 3.63) is 12.2 Å². The number of aromatic nitrogens is 4. The molecule has 0 aliphatic heterocycles. The number of H-pyrrole nitrogens is 1. The van der Waals surface area contributed by atoms with Gasteiger partial charge in [-0.05, 0) is 6.92 Å². The van der Waals surface area contributed by atoms with E-state index in [2.05, 4.69) is 19.9 Å². The molecule has 0 radical (unpaired) electrons. The van der Waals surface area contributed by atoms with Crippen LogP contribution in [0, 0.1) is 0 Å². The van der Waals surface area contributed by atoms with E-state index in [-0.39, 0.29) is 11.6 Å². The lowest BCUT2D eigenvalue weighted by atomic mass is 10.2. The Kier molecular flexibility index (Phi) is 2.00. The Labute approximate surface area is 84.4 Å². The minimum atomic E-state index is -0.992. The molecule has 78 valence electrons. The molecule has 7 nitrogen and oxygen atoms in total. The standard InChI is InChI=1S/C8H9N5O2/c1-3(8(14)15)6-12-5(9)4-7(13-6)11-2-10-4/h2-3H,1H3,(H,14,15)(H3,9,10,11,12,13). The van der Waals surface area contributed by atoms with Gasteiger partial charge in [-0.15, -0.1) is 0 Å². The van der Waals surface area contributed by atoms with Crippen LogP contribution in [0.4, 0.5) is 5.82 Å². The average Bonchev–Trinajstić information content (AvgIpc) is 2.64. The fourth-order valence-corrected chi connectivity index (χ4v) is 1.18. The average molecular weight is 207 g/mol. The van der Waals surface area contributed by atoms with Crippen molar-refractivity contribution in [1.82, 2.24) is 19.9 Å². The van der Waals surface area contributed by atoms with Crippen LogP contribution in [-0.2, 0) is 4.79 Å². The third kappa shape index (κ3) is 1.47. The minimum absolute atomic E-state index is 0.178. The SMILES string of the molecule is CC(C(=O)O)c1nc(N)c2nc[nH]c2n1. The number of nitrogens with zero attached hydrogens (tertiary/aromatic N) is 3. The first-order chi connectivity index (χ1) is 7.09. The van der Waals surface area contributed by atoms with E-state index < -0.39 is 11.9 Å². The number of nitrogen functional groups attached to an aromatic ring is 1. The zero-order valence-electron chi connectivity index (χ0n) is 7.93. The summed E-state index contributed by atoms with van der Waals surface area (Å²) < 4.78 is 0. The highest BCUT2D eigenvalue weighted by Crippen LogP contribution is 2.17. The minimum Gasteiger partial charge on any atom is -0.481 e. The molecule has 7 heteroatoms. The summed E-state index contributed by atoms with van der Waals surface area (Å²) in [6, 6.07) is 0. The predicted octanol–water partition coefficient (Wildman–Crippen LogP) is 0.123. The van der Waals surface area contributed by atoms with E-state index in [9.17, 15) is 4.79 Å². The van der Waals surface area contributed by atoms with Crippen LogP contribution in [0.15, 0.2) is 6.33 Å². The number of rotatable bonds is 2. The summed E-state index contributed by atoms with van der Waals surface area (Å²) >= 11 is 0. The van der Waals surface area contributed by atoms with E-state index in [1.807, 2.05) is 0 Å².